The molecular formula is C10H18N4. The first-order valence-corrected chi connectivity index (χ1v) is 4.98. The maximum atomic E-state index is 5.40. The number of nitrogens with two attached hydrogens (primary N) is 1. The van der Waals surface area contributed by atoms with Gasteiger partial charge in [0.1, 0.15) is 0 Å². The molecule has 1 rings (SSSR count). The van der Waals surface area contributed by atoms with Crippen LogP contribution in [0.5, 0.6) is 0 Å². The van der Waals surface area contributed by atoms with Gasteiger partial charge in [0.25, 0.3) is 0 Å². The Morgan fingerprint density at radius 2 is 1.86 bits per heavy atom. The molecular weight excluding hydrogens is 176 g/mol. The minimum atomic E-state index is 0.722. The van der Waals surface area contributed by atoms with Gasteiger partial charge in [-0.25, -0.2) is 9.97 Å². The summed E-state index contributed by atoms with van der Waals surface area (Å²) in [4.78, 5) is 8.56. The Morgan fingerprint density at radius 3 is 2.43 bits per heavy atom. The highest BCUT2D eigenvalue weighted by atomic mass is 15.1. The molecule has 0 unspecified atom stereocenters. The number of aryl methyl sites for hydroxylation is 2. The second-order valence-corrected chi connectivity index (χ2v) is 3.40. The van der Waals surface area contributed by atoms with E-state index in [0.29, 0.717) is 0 Å². The number of nitrogens with one attached hydrogen (secondary N) is 1. The number of nitrogens with zero attached hydrogens (tertiary/aromatic N) is 2. The van der Waals surface area contributed by atoms with E-state index in [-0.39, 0.29) is 0 Å². The van der Waals surface area contributed by atoms with Crippen LogP contribution in [-0.4, -0.2) is 23.1 Å². The van der Waals surface area contributed by atoms with E-state index >= 15 is 0 Å². The van der Waals surface area contributed by atoms with Crippen molar-refractivity contribution in [2.75, 3.05) is 18.4 Å². The van der Waals surface area contributed by atoms with Crippen LogP contribution in [0.4, 0.5) is 5.95 Å². The maximum Gasteiger partial charge on any atom is 0.223 e. The van der Waals surface area contributed by atoms with Crippen molar-refractivity contribution in [3.63, 3.8) is 0 Å². The number of aromatic nitrogens is 2. The van der Waals surface area contributed by atoms with Crippen LogP contribution in [0, 0.1) is 13.8 Å². The molecule has 78 valence electrons. The standard InChI is InChI=1S/C10H18N4/c1-8-7-9(2)14-10(13-8)12-6-4-3-5-11/h7H,3-6,11H2,1-2H3,(H,12,13,14). The van der Waals surface area contributed by atoms with Crippen LogP contribution in [0.2, 0.25) is 0 Å². The Hall–Kier alpha value is -1.16. The van der Waals surface area contributed by atoms with Crippen molar-refractivity contribution >= 4 is 5.95 Å². The van der Waals surface area contributed by atoms with Crippen LogP contribution in [0.1, 0.15) is 24.2 Å². The van der Waals surface area contributed by atoms with E-state index in [1.807, 2.05) is 19.9 Å². The molecule has 0 aromatic carbocycles. The Balaban J connectivity index is 2.42. The van der Waals surface area contributed by atoms with Gasteiger partial charge >= 0.3 is 0 Å². The monoisotopic (exact) mass is 194 g/mol. The molecule has 3 N–H and O–H groups in total. The number of anilines is 1. The lowest BCUT2D eigenvalue weighted by Gasteiger charge is -2.05. The van der Waals surface area contributed by atoms with Gasteiger partial charge in [0.05, 0.1) is 0 Å². The van der Waals surface area contributed by atoms with Crippen molar-refractivity contribution in [2.24, 2.45) is 5.73 Å². The van der Waals surface area contributed by atoms with E-state index in [4.69, 9.17) is 5.73 Å². The van der Waals surface area contributed by atoms with Gasteiger partial charge in [0.2, 0.25) is 5.95 Å². The topological polar surface area (TPSA) is 63.8 Å². The first-order chi connectivity index (χ1) is 6.72. The van der Waals surface area contributed by atoms with Crippen LogP contribution >= 0.6 is 0 Å². The molecule has 0 aliphatic heterocycles. The van der Waals surface area contributed by atoms with Crippen LogP contribution < -0.4 is 11.1 Å². The highest BCUT2D eigenvalue weighted by Crippen LogP contribution is 2.03. The molecule has 0 radical (unpaired) electrons. The summed E-state index contributed by atoms with van der Waals surface area (Å²) < 4.78 is 0. The molecule has 0 spiro atoms. The zero-order chi connectivity index (χ0) is 10.4. The number of hydrogen-bond acceptors (Lipinski definition) is 4. The molecule has 0 aliphatic carbocycles. The fourth-order valence-corrected chi connectivity index (χ4v) is 1.27. The first-order valence-electron chi connectivity index (χ1n) is 4.98. The van der Waals surface area contributed by atoms with Crippen molar-refractivity contribution in [1.82, 2.24) is 9.97 Å². The molecule has 4 nitrogen and oxygen atoms in total. The minimum Gasteiger partial charge on any atom is -0.354 e. The molecule has 0 fully saturated rings. The summed E-state index contributed by atoms with van der Waals surface area (Å²) in [5.74, 6) is 0.722. The van der Waals surface area contributed by atoms with Gasteiger partial charge in [-0.15, -0.1) is 0 Å². The Labute approximate surface area is 85.0 Å². The Kier molecular flexibility index (Phi) is 4.32. The Bertz CT molecular complexity index is 265. The van der Waals surface area contributed by atoms with Crippen LogP contribution in [0.25, 0.3) is 0 Å². The zero-order valence-corrected chi connectivity index (χ0v) is 8.88. The van der Waals surface area contributed by atoms with Gasteiger partial charge in [-0.05, 0) is 39.3 Å². The number of hydrogen-bond donors (Lipinski definition) is 2. The summed E-state index contributed by atoms with van der Waals surface area (Å²) in [6, 6.07) is 1.96. The molecule has 14 heavy (non-hydrogen) atoms. The molecule has 0 aliphatic rings. The third-order valence-corrected chi connectivity index (χ3v) is 1.90. The van der Waals surface area contributed by atoms with Gasteiger partial charge in [-0.2, -0.15) is 0 Å². The predicted octanol–water partition coefficient (Wildman–Crippen LogP) is 1.24. The van der Waals surface area contributed by atoms with Crippen LogP contribution in [0.15, 0.2) is 6.07 Å². The van der Waals surface area contributed by atoms with E-state index in [2.05, 4.69) is 15.3 Å². The fraction of sp³-hybridized carbons (Fsp3) is 0.600. The zero-order valence-electron chi connectivity index (χ0n) is 8.88. The van der Waals surface area contributed by atoms with E-state index in [1.165, 1.54) is 0 Å². The number of unbranched alkanes of at least 4 members (excludes halogenated alkanes) is 1. The van der Waals surface area contributed by atoms with Gasteiger partial charge in [-0.3, -0.25) is 0 Å². The summed E-state index contributed by atoms with van der Waals surface area (Å²) in [5, 5.41) is 3.18. The number of rotatable bonds is 5. The molecule has 0 saturated carbocycles. The van der Waals surface area contributed by atoms with E-state index in [9.17, 15) is 0 Å². The lowest BCUT2D eigenvalue weighted by atomic mass is 10.3. The fourth-order valence-electron chi connectivity index (χ4n) is 1.27. The van der Waals surface area contributed by atoms with Crippen molar-refractivity contribution < 1.29 is 0 Å². The van der Waals surface area contributed by atoms with Crippen LogP contribution in [0.3, 0.4) is 0 Å². The largest absolute Gasteiger partial charge is 0.354 e. The predicted molar refractivity (Wildman–Crippen MR) is 58.3 cm³/mol. The van der Waals surface area contributed by atoms with Crippen molar-refractivity contribution in [2.45, 2.75) is 26.7 Å². The highest BCUT2D eigenvalue weighted by Gasteiger charge is 1.97. The summed E-state index contributed by atoms with van der Waals surface area (Å²) in [6.07, 6.45) is 2.10. The lowest BCUT2D eigenvalue weighted by Crippen LogP contribution is -2.08. The SMILES string of the molecule is Cc1cc(C)nc(NCCCCN)n1. The van der Waals surface area contributed by atoms with Gasteiger partial charge < -0.3 is 11.1 Å². The average molecular weight is 194 g/mol. The quantitative estimate of drug-likeness (QED) is 0.692. The van der Waals surface area contributed by atoms with Gasteiger partial charge in [0.15, 0.2) is 0 Å². The molecule has 4 heteroatoms. The van der Waals surface area contributed by atoms with Crippen molar-refractivity contribution in [3.8, 4) is 0 Å². The molecule has 0 amide bonds. The molecule has 1 aromatic heterocycles. The van der Waals surface area contributed by atoms with E-state index in [1.54, 1.807) is 0 Å². The second-order valence-electron chi connectivity index (χ2n) is 3.40. The first kappa shape index (κ1) is 10.9. The smallest absolute Gasteiger partial charge is 0.223 e. The summed E-state index contributed by atoms with van der Waals surface area (Å²) >= 11 is 0. The molecule has 0 atom stereocenters. The normalized spacial score (nSPS) is 10.2. The van der Waals surface area contributed by atoms with Crippen LogP contribution in [-0.2, 0) is 0 Å². The van der Waals surface area contributed by atoms with Crippen molar-refractivity contribution in [3.05, 3.63) is 17.5 Å². The lowest BCUT2D eigenvalue weighted by molar-refractivity contribution is 0.769. The molecule has 1 aromatic rings. The molecule has 0 saturated heterocycles. The summed E-state index contributed by atoms with van der Waals surface area (Å²) in [6.45, 7) is 5.58. The second kappa shape index (κ2) is 5.54. The third kappa shape index (κ3) is 3.70. The summed E-state index contributed by atoms with van der Waals surface area (Å²) in [7, 11) is 0. The van der Waals surface area contributed by atoms with Gasteiger partial charge in [0, 0.05) is 17.9 Å². The highest BCUT2D eigenvalue weighted by molar-refractivity contribution is 5.27. The minimum absolute atomic E-state index is 0.722. The third-order valence-electron chi connectivity index (χ3n) is 1.90. The van der Waals surface area contributed by atoms with E-state index < -0.39 is 0 Å². The Morgan fingerprint density at radius 1 is 1.21 bits per heavy atom. The molecule has 0 bridgehead atoms. The van der Waals surface area contributed by atoms with Gasteiger partial charge in [-0.1, -0.05) is 0 Å². The molecule has 1 heterocycles. The van der Waals surface area contributed by atoms with E-state index in [0.717, 1.165) is 43.3 Å². The van der Waals surface area contributed by atoms with Crippen molar-refractivity contribution in [1.29, 1.82) is 0 Å². The summed E-state index contributed by atoms with van der Waals surface area (Å²) in [5.41, 5.74) is 7.40. The maximum absolute atomic E-state index is 5.40. The average Bonchev–Trinajstić information content (AvgIpc) is 2.11.